The van der Waals surface area contributed by atoms with E-state index in [2.05, 4.69) is 6.07 Å². The van der Waals surface area contributed by atoms with Crippen molar-refractivity contribution in [1.82, 2.24) is 8.61 Å². The second kappa shape index (κ2) is 6.22. The molecule has 6 heteroatoms. The fourth-order valence-electron chi connectivity index (χ4n) is 2.35. The molecule has 0 radical (unpaired) electrons. The van der Waals surface area contributed by atoms with E-state index in [1.54, 1.807) is 14.0 Å². The zero-order valence-corrected chi connectivity index (χ0v) is 12.8. The van der Waals surface area contributed by atoms with Crippen LogP contribution in [0, 0.1) is 0 Å². The van der Waals surface area contributed by atoms with Crippen molar-refractivity contribution in [3.8, 4) is 0 Å². The smallest absolute Gasteiger partial charge is 0.282 e. The lowest BCUT2D eigenvalue weighted by molar-refractivity contribution is 0.176. The van der Waals surface area contributed by atoms with E-state index < -0.39 is 16.3 Å². The predicted octanol–water partition coefficient (Wildman–Crippen LogP) is 0.992. The van der Waals surface area contributed by atoms with Gasteiger partial charge in [-0.05, 0) is 30.9 Å². The van der Waals surface area contributed by atoms with E-state index in [9.17, 15) is 13.5 Å². The molecule has 1 N–H and O–H groups in total. The van der Waals surface area contributed by atoms with Crippen molar-refractivity contribution < 1.29 is 13.5 Å². The van der Waals surface area contributed by atoms with Crippen molar-refractivity contribution in [2.45, 2.75) is 32.4 Å². The summed E-state index contributed by atoms with van der Waals surface area (Å²) in [7, 11) is -1.88. The van der Waals surface area contributed by atoms with Gasteiger partial charge < -0.3 is 5.11 Å². The minimum absolute atomic E-state index is 0.331. The Hall–Kier alpha value is -0.950. The largest absolute Gasteiger partial charge is 0.393 e. The molecular weight excluding hydrogens is 276 g/mol. The standard InChI is InChI=1S/C14H22N2O3S/c1-12(17)7-9-15(2)20(18,19)16-10-8-13-5-3-4-6-14(13)11-16/h3-6,12,17H,7-11H2,1-2H3. The first-order valence-electron chi connectivity index (χ1n) is 6.87. The van der Waals surface area contributed by atoms with E-state index in [1.165, 1.54) is 14.2 Å². The molecule has 0 bridgehead atoms. The molecule has 0 saturated carbocycles. The highest BCUT2D eigenvalue weighted by molar-refractivity contribution is 7.86. The second-order valence-electron chi connectivity index (χ2n) is 5.32. The van der Waals surface area contributed by atoms with Gasteiger partial charge in [0.15, 0.2) is 0 Å². The van der Waals surface area contributed by atoms with Crippen LogP contribution < -0.4 is 0 Å². The third kappa shape index (κ3) is 3.38. The Morgan fingerprint density at radius 1 is 1.35 bits per heavy atom. The number of hydrogen-bond acceptors (Lipinski definition) is 3. The average Bonchev–Trinajstić information content (AvgIpc) is 2.44. The number of rotatable bonds is 5. The van der Waals surface area contributed by atoms with Crippen LogP contribution in [0.3, 0.4) is 0 Å². The Bertz CT molecular complexity index is 557. The first kappa shape index (κ1) is 15.4. The van der Waals surface area contributed by atoms with E-state index in [1.807, 2.05) is 18.2 Å². The number of aliphatic hydroxyl groups excluding tert-OH is 1. The molecule has 0 aliphatic carbocycles. The molecule has 5 nitrogen and oxygen atoms in total. The molecule has 112 valence electrons. The molecule has 2 rings (SSSR count). The number of nitrogens with zero attached hydrogens (tertiary/aromatic N) is 2. The first-order valence-corrected chi connectivity index (χ1v) is 8.27. The highest BCUT2D eigenvalue weighted by Crippen LogP contribution is 2.22. The molecule has 0 spiro atoms. The van der Waals surface area contributed by atoms with Crippen LogP contribution in [0.25, 0.3) is 0 Å². The predicted molar refractivity (Wildman–Crippen MR) is 78.4 cm³/mol. The van der Waals surface area contributed by atoms with Crippen LogP contribution in [0.1, 0.15) is 24.5 Å². The molecule has 1 unspecified atom stereocenters. The molecule has 1 aliphatic rings. The SMILES string of the molecule is CC(O)CCN(C)S(=O)(=O)N1CCc2ccccc2C1. The first-order chi connectivity index (χ1) is 9.41. The summed E-state index contributed by atoms with van der Waals surface area (Å²) in [5.74, 6) is 0. The van der Waals surface area contributed by atoms with Crippen molar-refractivity contribution in [1.29, 1.82) is 0 Å². The molecule has 0 amide bonds. The van der Waals surface area contributed by atoms with Gasteiger partial charge in [-0.25, -0.2) is 0 Å². The molecule has 1 aromatic rings. The highest BCUT2D eigenvalue weighted by Gasteiger charge is 2.29. The maximum Gasteiger partial charge on any atom is 0.282 e. The Balaban J connectivity index is 2.08. The molecule has 1 heterocycles. The van der Waals surface area contributed by atoms with Gasteiger partial charge in [-0.2, -0.15) is 17.0 Å². The Kier molecular flexibility index (Phi) is 4.80. The molecule has 1 aromatic carbocycles. The van der Waals surface area contributed by atoms with Gasteiger partial charge in [0.05, 0.1) is 6.10 Å². The topological polar surface area (TPSA) is 60.9 Å². The molecular formula is C14H22N2O3S. The molecule has 0 aromatic heterocycles. The Morgan fingerprint density at radius 2 is 2.00 bits per heavy atom. The van der Waals surface area contributed by atoms with Gasteiger partial charge in [-0.15, -0.1) is 0 Å². The number of aliphatic hydroxyl groups is 1. The van der Waals surface area contributed by atoms with Crippen molar-refractivity contribution >= 4 is 10.2 Å². The van der Waals surface area contributed by atoms with Gasteiger partial charge in [0.25, 0.3) is 10.2 Å². The normalized spacial score (nSPS) is 18.0. The Labute approximate surface area is 121 Å². The van der Waals surface area contributed by atoms with Gasteiger partial charge in [0.2, 0.25) is 0 Å². The summed E-state index contributed by atoms with van der Waals surface area (Å²) in [5, 5.41) is 9.27. The van der Waals surface area contributed by atoms with Crippen molar-refractivity contribution in [2.24, 2.45) is 0 Å². The van der Waals surface area contributed by atoms with Crippen molar-refractivity contribution in [3.05, 3.63) is 35.4 Å². The Morgan fingerprint density at radius 3 is 2.65 bits per heavy atom. The summed E-state index contributed by atoms with van der Waals surface area (Å²) in [4.78, 5) is 0. The van der Waals surface area contributed by atoms with Gasteiger partial charge >= 0.3 is 0 Å². The van der Waals surface area contributed by atoms with Gasteiger partial charge in [-0.3, -0.25) is 0 Å². The van der Waals surface area contributed by atoms with Gasteiger partial charge in [-0.1, -0.05) is 24.3 Å². The summed E-state index contributed by atoms with van der Waals surface area (Å²) in [5.41, 5.74) is 2.30. The number of benzene rings is 1. The monoisotopic (exact) mass is 298 g/mol. The molecule has 0 fully saturated rings. The molecule has 1 aliphatic heterocycles. The fraction of sp³-hybridized carbons (Fsp3) is 0.571. The third-order valence-corrected chi connectivity index (χ3v) is 5.61. The van der Waals surface area contributed by atoms with Crippen molar-refractivity contribution in [3.63, 3.8) is 0 Å². The summed E-state index contributed by atoms with van der Waals surface area (Å²) in [6, 6.07) is 7.95. The quantitative estimate of drug-likeness (QED) is 0.882. The highest BCUT2D eigenvalue weighted by atomic mass is 32.2. The summed E-state index contributed by atoms with van der Waals surface area (Å²) in [6.07, 6.45) is 0.703. The van der Waals surface area contributed by atoms with Crippen LogP contribution in [0.2, 0.25) is 0 Å². The molecule has 1 atom stereocenters. The number of fused-ring (bicyclic) bond motifs is 1. The lowest BCUT2D eigenvalue weighted by atomic mass is 10.0. The average molecular weight is 298 g/mol. The van der Waals surface area contributed by atoms with Crippen LogP contribution in [-0.4, -0.2) is 48.4 Å². The van der Waals surface area contributed by atoms with Gasteiger partial charge in [0, 0.05) is 26.7 Å². The summed E-state index contributed by atoms with van der Waals surface area (Å²) >= 11 is 0. The van der Waals surface area contributed by atoms with E-state index in [-0.39, 0.29) is 0 Å². The van der Waals surface area contributed by atoms with Crippen LogP contribution in [0.15, 0.2) is 24.3 Å². The van der Waals surface area contributed by atoms with Crippen LogP contribution in [0.5, 0.6) is 0 Å². The van der Waals surface area contributed by atoms with Crippen molar-refractivity contribution in [2.75, 3.05) is 20.1 Å². The maximum atomic E-state index is 12.5. The third-order valence-electron chi connectivity index (χ3n) is 3.68. The maximum absolute atomic E-state index is 12.5. The van der Waals surface area contributed by atoms with Crippen LogP contribution in [0.4, 0.5) is 0 Å². The van der Waals surface area contributed by atoms with E-state index in [0.717, 1.165) is 12.0 Å². The van der Waals surface area contributed by atoms with Crippen LogP contribution >= 0.6 is 0 Å². The number of hydrogen-bond donors (Lipinski definition) is 1. The zero-order chi connectivity index (χ0) is 14.8. The second-order valence-corrected chi connectivity index (χ2v) is 7.35. The van der Waals surface area contributed by atoms with Gasteiger partial charge in [0.1, 0.15) is 0 Å². The van der Waals surface area contributed by atoms with E-state index in [0.29, 0.717) is 26.1 Å². The van der Waals surface area contributed by atoms with E-state index in [4.69, 9.17) is 0 Å². The molecule has 0 saturated heterocycles. The minimum Gasteiger partial charge on any atom is -0.393 e. The van der Waals surface area contributed by atoms with E-state index >= 15 is 0 Å². The minimum atomic E-state index is -3.44. The summed E-state index contributed by atoms with van der Waals surface area (Å²) in [6.45, 7) is 2.94. The fourth-order valence-corrected chi connectivity index (χ4v) is 3.70. The molecule has 20 heavy (non-hydrogen) atoms. The van der Waals surface area contributed by atoms with Crippen LogP contribution in [-0.2, 0) is 23.2 Å². The zero-order valence-electron chi connectivity index (χ0n) is 12.0. The summed E-state index contributed by atoms with van der Waals surface area (Å²) < 4.78 is 27.8. The lowest BCUT2D eigenvalue weighted by Gasteiger charge is -2.31. The lowest BCUT2D eigenvalue weighted by Crippen LogP contribution is -2.44.